The van der Waals surface area contributed by atoms with Crippen molar-refractivity contribution in [1.29, 1.82) is 0 Å². The van der Waals surface area contributed by atoms with Gasteiger partial charge in [-0.1, -0.05) is 24.3 Å². The molecule has 2 aromatic carbocycles. The number of aliphatic hydroxyl groups excluding tert-OH is 1. The van der Waals surface area contributed by atoms with E-state index in [0.29, 0.717) is 11.1 Å². The maximum Gasteiger partial charge on any atom is 0.573 e. The van der Waals surface area contributed by atoms with Crippen molar-refractivity contribution in [3.05, 3.63) is 59.7 Å². The van der Waals surface area contributed by atoms with Crippen LogP contribution in [0.25, 0.3) is 0 Å². The third-order valence-electron chi connectivity index (χ3n) is 4.79. The van der Waals surface area contributed by atoms with Gasteiger partial charge in [0.2, 0.25) is 0 Å². The fourth-order valence-corrected chi connectivity index (χ4v) is 3.43. The molecule has 0 unspecified atom stereocenters. The van der Waals surface area contributed by atoms with Gasteiger partial charge in [0.15, 0.2) is 0 Å². The van der Waals surface area contributed by atoms with Crippen molar-refractivity contribution in [1.82, 2.24) is 0 Å². The molecule has 0 aromatic heterocycles. The summed E-state index contributed by atoms with van der Waals surface area (Å²) in [5, 5.41) is 10.1. The maximum atomic E-state index is 12.4. The van der Waals surface area contributed by atoms with Crippen LogP contribution in [0, 0.1) is 0 Å². The molecule has 0 amide bonds. The van der Waals surface area contributed by atoms with E-state index in [1.165, 1.54) is 24.3 Å². The van der Waals surface area contributed by atoms with Crippen molar-refractivity contribution in [3.63, 3.8) is 0 Å². The summed E-state index contributed by atoms with van der Waals surface area (Å²) in [5.41, 5.74) is 6.79. The molecule has 5 nitrogen and oxygen atoms in total. The van der Waals surface area contributed by atoms with Gasteiger partial charge in [0.25, 0.3) is 0 Å². The Balaban J connectivity index is 1.90. The molecular weight excluding hydrogens is 432 g/mol. The second-order valence-corrected chi connectivity index (χ2v) is 7.05. The Kier molecular flexibility index (Phi) is 6.68. The maximum absolute atomic E-state index is 12.4. The second kappa shape index (κ2) is 8.93. The molecule has 1 aliphatic heterocycles. The Hall–Kier alpha value is -2.50. The molecule has 3 rings (SSSR count). The van der Waals surface area contributed by atoms with E-state index in [9.17, 15) is 31.4 Å². The number of hydrogen-bond acceptors (Lipinski definition) is 5. The van der Waals surface area contributed by atoms with Gasteiger partial charge >= 0.3 is 12.7 Å². The van der Waals surface area contributed by atoms with Crippen molar-refractivity contribution in [2.24, 2.45) is 5.73 Å². The quantitative estimate of drug-likeness (QED) is 0.670. The largest absolute Gasteiger partial charge is 0.573 e. The monoisotopic (exact) mass is 451 g/mol. The number of hydrogen-bond donors (Lipinski definition) is 2. The van der Waals surface area contributed by atoms with E-state index in [-0.39, 0.29) is 13.0 Å². The summed E-state index contributed by atoms with van der Waals surface area (Å²) in [6.07, 6.45) is -11.0. The second-order valence-electron chi connectivity index (χ2n) is 7.05. The van der Waals surface area contributed by atoms with E-state index in [2.05, 4.69) is 9.47 Å². The first kappa shape index (κ1) is 23.2. The molecule has 0 radical (unpaired) electrons. The highest BCUT2D eigenvalue weighted by Gasteiger charge is 2.36. The Labute approximate surface area is 173 Å². The molecule has 11 heteroatoms. The highest BCUT2D eigenvalue weighted by atomic mass is 19.4. The average Bonchev–Trinajstić information content (AvgIpc) is 2.65. The number of benzene rings is 2. The van der Waals surface area contributed by atoms with Crippen molar-refractivity contribution < 1.29 is 45.7 Å². The number of ether oxygens (including phenoxy) is 3. The lowest BCUT2D eigenvalue weighted by molar-refractivity contribution is -0.275. The zero-order chi connectivity index (χ0) is 22.8. The van der Waals surface area contributed by atoms with E-state index in [1.54, 1.807) is 0 Å². The molecule has 0 spiro atoms. The Morgan fingerprint density at radius 3 is 1.61 bits per heavy atom. The minimum Gasteiger partial charge on any atom is -0.406 e. The van der Waals surface area contributed by atoms with Gasteiger partial charge in [-0.25, -0.2) is 0 Å². The lowest BCUT2D eigenvalue weighted by Gasteiger charge is -2.36. The van der Waals surface area contributed by atoms with Crippen molar-refractivity contribution in [3.8, 4) is 11.5 Å². The zero-order valence-corrected chi connectivity index (χ0v) is 15.9. The summed E-state index contributed by atoms with van der Waals surface area (Å²) in [6.45, 7) is 0.0485. The van der Waals surface area contributed by atoms with Crippen LogP contribution < -0.4 is 15.2 Å². The van der Waals surface area contributed by atoms with Crippen LogP contribution in [0.15, 0.2) is 48.5 Å². The minimum absolute atomic E-state index is 0.0485. The van der Waals surface area contributed by atoms with Crippen molar-refractivity contribution >= 4 is 0 Å². The van der Waals surface area contributed by atoms with Crippen LogP contribution in [0.1, 0.15) is 23.5 Å². The predicted molar refractivity (Wildman–Crippen MR) is 96.4 cm³/mol. The van der Waals surface area contributed by atoms with E-state index >= 15 is 0 Å². The standard InChI is InChI=1S/C20H19F6NO4/c21-19(22,23)30-13-5-1-11(2-6-13)18(17-9-16(28)15(27)10-29-17)12-3-7-14(8-4-12)31-20(24,25)26/h1-8,15-18,28H,9-10,27H2/t15-,16+,17+/m1/s1. The summed E-state index contributed by atoms with van der Waals surface area (Å²) in [4.78, 5) is 0. The smallest absolute Gasteiger partial charge is 0.406 e. The normalized spacial score (nSPS) is 22.4. The summed E-state index contributed by atoms with van der Waals surface area (Å²) < 4.78 is 88.0. The van der Waals surface area contributed by atoms with Crippen molar-refractivity contribution in [2.75, 3.05) is 6.61 Å². The minimum atomic E-state index is -4.85. The lowest BCUT2D eigenvalue weighted by atomic mass is 9.82. The van der Waals surface area contributed by atoms with Gasteiger partial charge in [0.05, 0.1) is 24.9 Å². The van der Waals surface area contributed by atoms with Crippen LogP contribution in [0.3, 0.4) is 0 Å². The molecule has 1 aliphatic rings. The van der Waals surface area contributed by atoms with Crippen LogP contribution in [0.5, 0.6) is 11.5 Å². The topological polar surface area (TPSA) is 73.9 Å². The van der Waals surface area contributed by atoms with Gasteiger partial charge in [0.1, 0.15) is 11.5 Å². The van der Waals surface area contributed by atoms with Gasteiger partial charge in [-0.3, -0.25) is 0 Å². The number of nitrogens with two attached hydrogens (primary N) is 1. The Morgan fingerprint density at radius 2 is 1.26 bits per heavy atom. The number of rotatable bonds is 5. The van der Waals surface area contributed by atoms with Crippen LogP contribution in [0.4, 0.5) is 26.3 Å². The van der Waals surface area contributed by atoms with E-state index in [1.807, 2.05) is 0 Å². The molecular formula is C20H19F6NO4. The molecule has 0 aliphatic carbocycles. The molecule has 3 N–H and O–H groups in total. The molecule has 0 saturated carbocycles. The number of halogens is 6. The zero-order valence-electron chi connectivity index (χ0n) is 15.9. The van der Waals surface area contributed by atoms with E-state index in [0.717, 1.165) is 24.3 Å². The molecule has 0 bridgehead atoms. The molecule has 2 aromatic rings. The van der Waals surface area contributed by atoms with Crippen LogP contribution >= 0.6 is 0 Å². The van der Waals surface area contributed by atoms with Crippen LogP contribution in [-0.2, 0) is 4.74 Å². The summed E-state index contributed by atoms with van der Waals surface area (Å²) in [7, 11) is 0. The van der Waals surface area contributed by atoms with Gasteiger partial charge in [0, 0.05) is 12.3 Å². The first-order chi connectivity index (χ1) is 14.4. The fraction of sp³-hybridized carbons (Fsp3) is 0.400. The Morgan fingerprint density at radius 1 is 0.839 bits per heavy atom. The summed E-state index contributed by atoms with van der Waals surface area (Å²) in [5.74, 6) is -1.44. The van der Waals surface area contributed by atoms with Gasteiger partial charge in [-0.15, -0.1) is 26.3 Å². The highest BCUT2D eigenvalue weighted by molar-refractivity contribution is 5.39. The van der Waals surface area contributed by atoms with Gasteiger partial charge < -0.3 is 25.1 Å². The molecule has 1 saturated heterocycles. The van der Waals surface area contributed by atoms with Crippen LogP contribution in [0.2, 0.25) is 0 Å². The van der Waals surface area contributed by atoms with Gasteiger partial charge in [-0.2, -0.15) is 0 Å². The Bertz CT molecular complexity index is 794. The number of alkyl halides is 6. The number of aliphatic hydroxyl groups is 1. The molecule has 31 heavy (non-hydrogen) atoms. The molecule has 3 atom stereocenters. The summed E-state index contributed by atoms with van der Waals surface area (Å²) >= 11 is 0. The summed E-state index contributed by atoms with van der Waals surface area (Å²) in [6, 6.07) is 9.51. The predicted octanol–water partition coefficient (Wildman–Crippen LogP) is 4.09. The molecule has 1 fully saturated rings. The van der Waals surface area contributed by atoms with Gasteiger partial charge in [-0.05, 0) is 35.4 Å². The highest BCUT2D eigenvalue weighted by Crippen LogP contribution is 2.36. The third kappa shape index (κ3) is 6.49. The lowest BCUT2D eigenvalue weighted by Crippen LogP contribution is -2.48. The molecule has 1 heterocycles. The van der Waals surface area contributed by atoms with E-state index in [4.69, 9.17) is 10.5 Å². The SMILES string of the molecule is N[C@@H]1CO[C@H](C(c2ccc(OC(F)(F)F)cc2)c2ccc(OC(F)(F)F)cc2)C[C@@H]1O. The average molecular weight is 451 g/mol. The molecule has 170 valence electrons. The fourth-order valence-electron chi connectivity index (χ4n) is 3.43. The first-order valence-electron chi connectivity index (χ1n) is 9.18. The van der Waals surface area contributed by atoms with Crippen LogP contribution in [-0.4, -0.2) is 42.7 Å². The van der Waals surface area contributed by atoms with Crippen molar-refractivity contribution in [2.45, 2.75) is 43.3 Å². The van der Waals surface area contributed by atoms with E-state index < -0.39 is 48.4 Å². The first-order valence-corrected chi connectivity index (χ1v) is 9.18. The third-order valence-corrected chi connectivity index (χ3v) is 4.79.